The zero-order chi connectivity index (χ0) is 15.3. The standard InChI is InChI=1S/C18H26O3/c1-2-3-4-5-6-7-8-9-10-15-21-17-13-11-16(12-14-17)18(19)20/h7-8,11-14H,2-6,9-10,15H2,1H3,(H,19,20)/b8-7-. The molecule has 0 atom stereocenters. The van der Waals surface area contributed by atoms with Crippen molar-refractivity contribution in [3.63, 3.8) is 0 Å². The van der Waals surface area contributed by atoms with E-state index < -0.39 is 5.97 Å². The van der Waals surface area contributed by atoms with E-state index in [1.165, 1.54) is 32.1 Å². The Morgan fingerprint density at radius 3 is 2.33 bits per heavy atom. The second-order valence-corrected chi connectivity index (χ2v) is 5.14. The summed E-state index contributed by atoms with van der Waals surface area (Å²) < 4.78 is 5.57. The van der Waals surface area contributed by atoms with Crippen LogP contribution in [0.1, 0.15) is 62.2 Å². The molecule has 0 saturated heterocycles. The lowest BCUT2D eigenvalue weighted by atomic mass is 10.1. The van der Waals surface area contributed by atoms with Crippen molar-refractivity contribution in [1.82, 2.24) is 0 Å². The molecule has 116 valence electrons. The normalized spacial score (nSPS) is 10.9. The highest BCUT2D eigenvalue weighted by molar-refractivity contribution is 5.87. The first kappa shape index (κ1) is 17.3. The maximum absolute atomic E-state index is 10.7. The molecule has 0 saturated carbocycles. The minimum atomic E-state index is -0.911. The molecule has 0 bridgehead atoms. The first-order valence-electron chi connectivity index (χ1n) is 7.85. The zero-order valence-electron chi connectivity index (χ0n) is 12.9. The molecule has 0 aromatic heterocycles. The molecule has 0 heterocycles. The van der Waals surface area contributed by atoms with Crippen molar-refractivity contribution < 1.29 is 14.6 Å². The molecule has 0 unspecified atom stereocenters. The van der Waals surface area contributed by atoms with Crippen molar-refractivity contribution in [3.8, 4) is 5.75 Å². The van der Waals surface area contributed by atoms with Crippen LogP contribution in [0.2, 0.25) is 0 Å². The Morgan fingerprint density at radius 2 is 1.71 bits per heavy atom. The number of hydrogen-bond acceptors (Lipinski definition) is 2. The second-order valence-electron chi connectivity index (χ2n) is 5.14. The van der Waals surface area contributed by atoms with Crippen LogP contribution in [0.5, 0.6) is 5.75 Å². The van der Waals surface area contributed by atoms with Gasteiger partial charge in [0.15, 0.2) is 0 Å². The number of benzene rings is 1. The summed E-state index contributed by atoms with van der Waals surface area (Å²) in [5.41, 5.74) is 0.286. The van der Waals surface area contributed by atoms with Gasteiger partial charge in [0, 0.05) is 0 Å². The van der Waals surface area contributed by atoms with Crippen molar-refractivity contribution in [2.75, 3.05) is 6.61 Å². The molecule has 21 heavy (non-hydrogen) atoms. The van der Waals surface area contributed by atoms with Crippen LogP contribution in [-0.4, -0.2) is 17.7 Å². The molecule has 1 N–H and O–H groups in total. The number of allylic oxidation sites excluding steroid dienone is 2. The Balaban J connectivity index is 2.06. The van der Waals surface area contributed by atoms with Gasteiger partial charge in [0.1, 0.15) is 5.75 Å². The van der Waals surface area contributed by atoms with E-state index in [0.717, 1.165) is 18.6 Å². The number of hydrogen-bond donors (Lipinski definition) is 1. The first-order chi connectivity index (χ1) is 10.2. The monoisotopic (exact) mass is 290 g/mol. The van der Waals surface area contributed by atoms with Gasteiger partial charge in [-0.3, -0.25) is 0 Å². The van der Waals surface area contributed by atoms with Gasteiger partial charge in [-0.1, -0.05) is 38.3 Å². The fourth-order valence-electron chi connectivity index (χ4n) is 2.01. The van der Waals surface area contributed by atoms with Gasteiger partial charge in [-0.15, -0.1) is 0 Å². The quantitative estimate of drug-likeness (QED) is 0.457. The van der Waals surface area contributed by atoms with Crippen LogP contribution >= 0.6 is 0 Å². The average Bonchev–Trinajstić information content (AvgIpc) is 2.49. The summed E-state index contributed by atoms with van der Waals surface area (Å²) >= 11 is 0. The van der Waals surface area contributed by atoms with E-state index in [4.69, 9.17) is 9.84 Å². The molecule has 0 aliphatic rings. The van der Waals surface area contributed by atoms with Gasteiger partial charge >= 0.3 is 5.97 Å². The molecule has 1 aromatic carbocycles. The zero-order valence-corrected chi connectivity index (χ0v) is 12.9. The summed E-state index contributed by atoms with van der Waals surface area (Å²) in [5.74, 6) is -0.186. The van der Waals surface area contributed by atoms with Crippen molar-refractivity contribution in [1.29, 1.82) is 0 Å². The molecule has 1 aromatic rings. The Kier molecular flexibility index (Phi) is 9.01. The van der Waals surface area contributed by atoms with Crippen LogP contribution in [0, 0.1) is 0 Å². The summed E-state index contributed by atoms with van der Waals surface area (Å²) in [6.07, 6.45) is 12.9. The Morgan fingerprint density at radius 1 is 1.05 bits per heavy atom. The fraction of sp³-hybridized carbons (Fsp3) is 0.500. The largest absolute Gasteiger partial charge is 0.494 e. The number of unbranched alkanes of at least 4 members (excludes halogenated alkanes) is 5. The van der Waals surface area contributed by atoms with Crippen LogP contribution in [0.3, 0.4) is 0 Å². The van der Waals surface area contributed by atoms with Gasteiger partial charge in [-0.2, -0.15) is 0 Å². The second kappa shape index (κ2) is 11.0. The smallest absolute Gasteiger partial charge is 0.335 e. The molecule has 0 spiro atoms. The third kappa shape index (κ3) is 8.18. The number of aromatic carboxylic acids is 1. The number of carbonyl (C=O) groups is 1. The lowest BCUT2D eigenvalue weighted by molar-refractivity contribution is 0.0697. The molecular weight excluding hydrogens is 264 g/mol. The highest BCUT2D eigenvalue weighted by atomic mass is 16.5. The van der Waals surface area contributed by atoms with Gasteiger partial charge < -0.3 is 9.84 Å². The minimum absolute atomic E-state index is 0.286. The molecule has 0 aliphatic heterocycles. The Hall–Kier alpha value is -1.77. The van der Waals surface area contributed by atoms with Gasteiger partial charge in [-0.05, 0) is 49.9 Å². The molecule has 0 fully saturated rings. The van der Waals surface area contributed by atoms with Crippen LogP contribution in [0.15, 0.2) is 36.4 Å². The number of carboxylic acid groups (broad SMARTS) is 1. The highest BCUT2D eigenvalue weighted by Gasteiger charge is 2.01. The molecule has 1 rings (SSSR count). The molecule has 0 radical (unpaired) electrons. The molecule has 3 heteroatoms. The van der Waals surface area contributed by atoms with Crippen LogP contribution in [-0.2, 0) is 0 Å². The number of rotatable bonds is 11. The predicted molar refractivity (Wildman–Crippen MR) is 86.0 cm³/mol. The third-order valence-corrected chi connectivity index (χ3v) is 3.28. The van der Waals surface area contributed by atoms with E-state index in [9.17, 15) is 4.79 Å². The molecule has 0 aliphatic carbocycles. The predicted octanol–water partition coefficient (Wildman–Crippen LogP) is 5.07. The molecule has 0 amide bonds. The number of ether oxygens (including phenoxy) is 1. The Labute approximate surface area is 127 Å². The van der Waals surface area contributed by atoms with Crippen LogP contribution < -0.4 is 4.74 Å². The topological polar surface area (TPSA) is 46.5 Å². The number of carboxylic acids is 1. The van der Waals surface area contributed by atoms with E-state index >= 15 is 0 Å². The minimum Gasteiger partial charge on any atom is -0.494 e. The van der Waals surface area contributed by atoms with E-state index in [1.807, 2.05) is 0 Å². The van der Waals surface area contributed by atoms with Crippen molar-refractivity contribution in [2.45, 2.75) is 51.9 Å². The average molecular weight is 290 g/mol. The van der Waals surface area contributed by atoms with Crippen LogP contribution in [0.4, 0.5) is 0 Å². The first-order valence-corrected chi connectivity index (χ1v) is 7.85. The third-order valence-electron chi connectivity index (χ3n) is 3.28. The SMILES string of the molecule is CCCCCC/C=C\CCCOc1ccc(C(=O)O)cc1. The summed E-state index contributed by atoms with van der Waals surface area (Å²) in [5, 5.41) is 8.79. The maximum Gasteiger partial charge on any atom is 0.335 e. The van der Waals surface area contributed by atoms with E-state index in [2.05, 4.69) is 19.1 Å². The van der Waals surface area contributed by atoms with Crippen LogP contribution in [0.25, 0.3) is 0 Å². The van der Waals surface area contributed by atoms with E-state index in [-0.39, 0.29) is 5.56 Å². The van der Waals surface area contributed by atoms with Gasteiger partial charge in [0.2, 0.25) is 0 Å². The van der Waals surface area contributed by atoms with Crippen molar-refractivity contribution in [2.24, 2.45) is 0 Å². The van der Waals surface area contributed by atoms with E-state index in [0.29, 0.717) is 6.61 Å². The summed E-state index contributed by atoms with van der Waals surface area (Å²) in [4.78, 5) is 10.7. The lowest BCUT2D eigenvalue weighted by Gasteiger charge is -2.05. The lowest BCUT2D eigenvalue weighted by Crippen LogP contribution is -1.98. The molecule has 3 nitrogen and oxygen atoms in total. The fourth-order valence-corrected chi connectivity index (χ4v) is 2.01. The molecular formula is C18H26O3. The van der Waals surface area contributed by atoms with Crippen molar-refractivity contribution >= 4 is 5.97 Å². The summed E-state index contributed by atoms with van der Waals surface area (Å²) in [6.45, 7) is 2.89. The maximum atomic E-state index is 10.7. The van der Waals surface area contributed by atoms with Crippen molar-refractivity contribution in [3.05, 3.63) is 42.0 Å². The van der Waals surface area contributed by atoms with E-state index in [1.54, 1.807) is 24.3 Å². The van der Waals surface area contributed by atoms with Gasteiger partial charge in [-0.25, -0.2) is 4.79 Å². The summed E-state index contributed by atoms with van der Waals surface area (Å²) in [7, 11) is 0. The summed E-state index contributed by atoms with van der Waals surface area (Å²) in [6, 6.07) is 6.53. The highest BCUT2D eigenvalue weighted by Crippen LogP contribution is 2.12. The Bertz CT molecular complexity index is 421. The van der Waals surface area contributed by atoms with Gasteiger partial charge in [0.05, 0.1) is 12.2 Å². The van der Waals surface area contributed by atoms with Gasteiger partial charge in [0.25, 0.3) is 0 Å².